The average molecular weight is 480 g/mol. The molecule has 0 spiro atoms. The number of halogens is 1. The van der Waals surface area contributed by atoms with Gasteiger partial charge in [0.15, 0.2) is 5.96 Å². The molecule has 0 atom stereocenters. The number of aliphatic imine (C=N–C) groups is 1. The second-order valence-corrected chi connectivity index (χ2v) is 7.63. The Bertz CT molecular complexity index is 762. The summed E-state index contributed by atoms with van der Waals surface area (Å²) in [5.41, 5.74) is 0.861. The van der Waals surface area contributed by atoms with Crippen molar-refractivity contribution in [3.05, 3.63) is 52.2 Å². The van der Waals surface area contributed by atoms with E-state index in [0.29, 0.717) is 19.0 Å². The van der Waals surface area contributed by atoms with Crippen molar-refractivity contribution >= 4 is 51.3 Å². The molecule has 9 heteroatoms. The second-order valence-electron chi connectivity index (χ2n) is 4.71. The van der Waals surface area contributed by atoms with E-state index in [2.05, 4.69) is 26.4 Å². The highest BCUT2D eigenvalue weighted by Gasteiger charge is 2.11. The summed E-state index contributed by atoms with van der Waals surface area (Å²) in [5.74, 6) is 0.667. The molecule has 3 N–H and O–H groups in total. The molecule has 132 valence electrons. The molecule has 0 unspecified atom stereocenters. The van der Waals surface area contributed by atoms with Crippen molar-refractivity contribution in [1.29, 1.82) is 0 Å². The Hall–Kier alpha value is -1.17. The minimum absolute atomic E-state index is 0. The van der Waals surface area contributed by atoms with Crippen LogP contribution in [0.25, 0.3) is 0 Å². The van der Waals surface area contributed by atoms with Gasteiger partial charge in [-0.25, -0.2) is 13.1 Å². The van der Waals surface area contributed by atoms with Crippen LogP contribution < -0.4 is 15.4 Å². The summed E-state index contributed by atoms with van der Waals surface area (Å²) >= 11 is 1.68. The van der Waals surface area contributed by atoms with E-state index in [4.69, 9.17) is 0 Å². The fourth-order valence-corrected chi connectivity index (χ4v) is 3.38. The average Bonchev–Trinajstić information content (AvgIpc) is 3.09. The van der Waals surface area contributed by atoms with Crippen LogP contribution in [0.1, 0.15) is 10.4 Å². The van der Waals surface area contributed by atoms with E-state index in [0.717, 1.165) is 5.56 Å². The van der Waals surface area contributed by atoms with Gasteiger partial charge in [0.2, 0.25) is 10.0 Å². The van der Waals surface area contributed by atoms with Crippen LogP contribution in [0.3, 0.4) is 0 Å². The Balaban J connectivity index is 0.00000288. The first-order valence-electron chi connectivity index (χ1n) is 7.04. The van der Waals surface area contributed by atoms with Gasteiger partial charge in [-0.3, -0.25) is 4.99 Å². The van der Waals surface area contributed by atoms with Crippen molar-refractivity contribution in [3.63, 3.8) is 0 Å². The first-order valence-corrected chi connectivity index (χ1v) is 9.41. The largest absolute Gasteiger partial charge is 0.352 e. The maximum Gasteiger partial charge on any atom is 0.240 e. The van der Waals surface area contributed by atoms with E-state index >= 15 is 0 Å². The molecule has 0 saturated carbocycles. The van der Waals surface area contributed by atoms with E-state index in [1.165, 1.54) is 11.9 Å². The number of nitrogens with zero attached hydrogens (tertiary/aromatic N) is 1. The van der Waals surface area contributed by atoms with Crippen LogP contribution in [0.2, 0.25) is 0 Å². The minimum Gasteiger partial charge on any atom is -0.352 e. The fraction of sp³-hybridized carbons (Fsp3) is 0.267. The van der Waals surface area contributed by atoms with Crippen LogP contribution in [-0.2, 0) is 23.1 Å². The number of hydrogen-bond donors (Lipinski definition) is 3. The molecule has 0 bridgehead atoms. The van der Waals surface area contributed by atoms with Crippen LogP contribution in [0.4, 0.5) is 0 Å². The molecular weight excluding hydrogens is 459 g/mol. The minimum atomic E-state index is -3.43. The number of nitrogens with one attached hydrogen (secondary N) is 3. The standard InChI is InChI=1S/C15H20N4O2S2.HI/c1-16-15(19-11-13-6-4-8-22-13)18-10-12-5-3-7-14(9-12)23(20,21)17-2;/h3-9,17H,10-11H2,1-2H3,(H2,16,18,19);1H. The summed E-state index contributed by atoms with van der Waals surface area (Å²) in [6, 6.07) is 10.9. The highest BCUT2D eigenvalue weighted by molar-refractivity contribution is 14.0. The summed E-state index contributed by atoms with van der Waals surface area (Å²) in [4.78, 5) is 5.63. The number of thiophene rings is 1. The van der Waals surface area contributed by atoms with Crippen molar-refractivity contribution < 1.29 is 8.42 Å². The monoisotopic (exact) mass is 480 g/mol. The van der Waals surface area contributed by atoms with Gasteiger partial charge >= 0.3 is 0 Å². The van der Waals surface area contributed by atoms with Gasteiger partial charge in [0.05, 0.1) is 11.4 Å². The number of guanidine groups is 1. The molecule has 0 radical (unpaired) electrons. The lowest BCUT2D eigenvalue weighted by Crippen LogP contribution is -2.36. The zero-order valence-electron chi connectivity index (χ0n) is 13.4. The molecule has 2 rings (SSSR count). The Morgan fingerprint density at radius 1 is 1.17 bits per heavy atom. The smallest absolute Gasteiger partial charge is 0.240 e. The van der Waals surface area contributed by atoms with Gasteiger partial charge in [0.25, 0.3) is 0 Å². The van der Waals surface area contributed by atoms with Crippen LogP contribution in [0, 0.1) is 0 Å². The number of sulfonamides is 1. The Labute approximate surface area is 163 Å². The molecule has 0 amide bonds. The second kappa shape index (κ2) is 9.97. The molecule has 1 aromatic heterocycles. The lowest BCUT2D eigenvalue weighted by molar-refractivity contribution is 0.588. The van der Waals surface area contributed by atoms with E-state index in [1.807, 2.05) is 17.5 Å². The lowest BCUT2D eigenvalue weighted by atomic mass is 10.2. The third-order valence-electron chi connectivity index (χ3n) is 3.17. The first kappa shape index (κ1) is 20.9. The van der Waals surface area contributed by atoms with E-state index in [1.54, 1.807) is 36.6 Å². The molecule has 1 aromatic carbocycles. The molecule has 0 aliphatic rings. The lowest BCUT2D eigenvalue weighted by Gasteiger charge is -2.12. The molecule has 6 nitrogen and oxygen atoms in total. The molecule has 0 saturated heterocycles. The van der Waals surface area contributed by atoms with Crippen LogP contribution in [0.5, 0.6) is 0 Å². The molecule has 1 heterocycles. The summed E-state index contributed by atoms with van der Waals surface area (Å²) < 4.78 is 25.9. The van der Waals surface area contributed by atoms with Crippen molar-refractivity contribution in [2.45, 2.75) is 18.0 Å². The topological polar surface area (TPSA) is 82.6 Å². The summed E-state index contributed by atoms with van der Waals surface area (Å²) in [6.07, 6.45) is 0. The Morgan fingerprint density at radius 2 is 1.92 bits per heavy atom. The molecule has 24 heavy (non-hydrogen) atoms. The van der Waals surface area contributed by atoms with Gasteiger partial charge in [-0.2, -0.15) is 0 Å². The summed E-state index contributed by atoms with van der Waals surface area (Å²) in [5, 5.41) is 8.42. The van der Waals surface area contributed by atoms with E-state index in [9.17, 15) is 8.42 Å². The first-order chi connectivity index (χ1) is 11.0. The maximum absolute atomic E-state index is 11.8. The van der Waals surface area contributed by atoms with Crippen molar-refractivity contribution in [3.8, 4) is 0 Å². The van der Waals surface area contributed by atoms with E-state index in [-0.39, 0.29) is 28.9 Å². The van der Waals surface area contributed by atoms with Gasteiger partial charge in [-0.1, -0.05) is 18.2 Å². The normalized spacial score (nSPS) is 11.7. The number of rotatable bonds is 6. The van der Waals surface area contributed by atoms with Crippen molar-refractivity contribution in [2.24, 2.45) is 4.99 Å². The van der Waals surface area contributed by atoms with Gasteiger partial charge in [-0.15, -0.1) is 35.3 Å². The molecule has 0 fully saturated rings. The summed E-state index contributed by atoms with van der Waals surface area (Å²) in [7, 11) is -0.327. The highest BCUT2D eigenvalue weighted by atomic mass is 127. The van der Waals surface area contributed by atoms with Gasteiger partial charge in [0, 0.05) is 18.5 Å². The zero-order valence-corrected chi connectivity index (χ0v) is 17.4. The van der Waals surface area contributed by atoms with Crippen LogP contribution >= 0.6 is 35.3 Å². The zero-order chi connectivity index (χ0) is 16.7. The maximum atomic E-state index is 11.8. The van der Waals surface area contributed by atoms with Gasteiger partial charge in [-0.05, 0) is 36.2 Å². The van der Waals surface area contributed by atoms with Gasteiger partial charge < -0.3 is 10.6 Å². The summed E-state index contributed by atoms with van der Waals surface area (Å²) in [6.45, 7) is 1.18. The molecule has 0 aliphatic carbocycles. The van der Waals surface area contributed by atoms with Crippen molar-refractivity contribution in [1.82, 2.24) is 15.4 Å². The predicted molar refractivity (Wildman–Crippen MR) is 109 cm³/mol. The van der Waals surface area contributed by atoms with Crippen LogP contribution in [0.15, 0.2) is 51.7 Å². The van der Waals surface area contributed by atoms with Gasteiger partial charge in [0.1, 0.15) is 0 Å². The number of benzene rings is 1. The third kappa shape index (κ3) is 6.04. The van der Waals surface area contributed by atoms with Crippen LogP contribution in [-0.4, -0.2) is 28.5 Å². The number of hydrogen-bond acceptors (Lipinski definition) is 4. The molecular formula is C15H21IN4O2S2. The third-order valence-corrected chi connectivity index (χ3v) is 5.46. The SMILES string of the molecule is CN=C(NCc1cccc(S(=O)(=O)NC)c1)NCc1cccs1.I. The molecule has 2 aromatic rings. The Morgan fingerprint density at radius 3 is 2.54 bits per heavy atom. The highest BCUT2D eigenvalue weighted by Crippen LogP contribution is 2.11. The van der Waals surface area contributed by atoms with Crippen molar-refractivity contribution in [2.75, 3.05) is 14.1 Å². The quantitative estimate of drug-likeness (QED) is 0.336. The predicted octanol–water partition coefficient (Wildman–Crippen LogP) is 2.14. The Kier molecular flexibility index (Phi) is 8.67. The molecule has 0 aliphatic heterocycles. The fourth-order valence-electron chi connectivity index (χ4n) is 1.93. The van der Waals surface area contributed by atoms with E-state index < -0.39 is 10.0 Å².